The predicted molar refractivity (Wildman–Crippen MR) is 47.3 cm³/mol. The number of anilines is 1. The molecule has 0 saturated heterocycles. The van der Waals surface area contributed by atoms with Crippen molar-refractivity contribution in [1.29, 1.82) is 5.26 Å². The zero-order valence-corrected chi connectivity index (χ0v) is 7.67. The summed E-state index contributed by atoms with van der Waals surface area (Å²) in [6.45, 7) is 2.20. The molecule has 0 aromatic carbocycles. The molecule has 0 radical (unpaired) electrons. The molecule has 0 saturated carbocycles. The standard InChI is InChI=1S/C7H7ClN4O/c1-2-13-7-5(8)11-4(3-9)6(10)12-7/h2H2,1H3,(H2,10,12). The average Bonchev–Trinajstić information content (AvgIpc) is 2.11. The Morgan fingerprint density at radius 1 is 1.62 bits per heavy atom. The summed E-state index contributed by atoms with van der Waals surface area (Å²) >= 11 is 5.65. The van der Waals surface area contributed by atoms with Gasteiger partial charge >= 0.3 is 0 Å². The maximum Gasteiger partial charge on any atom is 0.254 e. The van der Waals surface area contributed by atoms with E-state index >= 15 is 0 Å². The lowest BCUT2D eigenvalue weighted by Crippen LogP contribution is -2.03. The fourth-order valence-corrected chi connectivity index (χ4v) is 0.904. The van der Waals surface area contributed by atoms with Crippen LogP contribution in [0.25, 0.3) is 0 Å². The molecule has 5 nitrogen and oxygen atoms in total. The van der Waals surface area contributed by atoms with Crippen LogP contribution in [0.1, 0.15) is 12.6 Å². The number of halogens is 1. The lowest BCUT2D eigenvalue weighted by atomic mass is 10.4. The number of nitrogens with zero attached hydrogens (tertiary/aromatic N) is 3. The summed E-state index contributed by atoms with van der Waals surface area (Å²) in [5, 5.41) is 8.58. The second kappa shape index (κ2) is 3.92. The van der Waals surface area contributed by atoms with Crippen LogP contribution in [0.5, 0.6) is 5.88 Å². The summed E-state index contributed by atoms with van der Waals surface area (Å²) in [4.78, 5) is 7.47. The maximum absolute atomic E-state index is 8.53. The van der Waals surface area contributed by atoms with Gasteiger partial charge in [-0.2, -0.15) is 10.2 Å². The lowest BCUT2D eigenvalue weighted by molar-refractivity contribution is 0.326. The van der Waals surface area contributed by atoms with E-state index in [0.717, 1.165) is 0 Å². The van der Waals surface area contributed by atoms with Gasteiger partial charge in [-0.05, 0) is 6.92 Å². The smallest absolute Gasteiger partial charge is 0.254 e. The van der Waals surface area contributed by atoms with Crippen molar-refractivity contribution in [2.75, 3.05) is 12.3 Å². The first kappa shape index (κ1) is 9.55. The summed E-state index contributed by atoms with van der Waals surface area (Å²) in [5.74, 6) is 0.177. The molecule has 0 aliphatic rings. The van der Waals surface area contributed by atoms with E-state index in [1.165, 1.54) is 0 Å². The fourth-order valence-electron chi connectivity index (χ4n) is 0.723. The molecular weight excluding hydrogens is 192 g/mol. The number of aromatic nitrogens is 2. The zero-order valence-electron chi connectivity index (χ0n) is 6.91. The highest BCUT2D eigenvalue weighted by molar-refractivity contribution is 6.30. The Bertz CT molecular complexity index is 360. The fraction of sp³-hybridized carbons (Fsp3) is 0.286. The quantitative estimate of drug-likeness (QED) is 0.766. The first-order valence-electron chi connectivity index (χ1n) is 3.55. The highest BCUT2D eigenvalue weighted by atomic mass is 35.5. The third-order valence-electron chi connectivity index (χ3n) is 1.24. The molecule has 2 N–H and O–H groups in total. The number of ether oxygens (including phenoxy) is 1. The van der Waals surface area contributed by atoms with E-state index in [2.05, 4.69) is 9.97 Å². The Balaban J connectivity index is 3.14. The van der Waals surface area contributed by atoms with Crippen molar-refractivity contribution in [1.82, 2.24) is 9.97 Å². The third kappa shape index (κ3) is 1.98. The molecule has 1 aromatic heterocycles. The number of nitriles is 1. The molecule has 13 heavy (non-hydrogen) atoms. The van der Waals surface area contributed by atoms with Crippen LogP contribution >= 0.6 is 11.6 Å². The van der Waals surface area contributed by atoms with Gasteiger partial charge in [-0.25, -0.2) is 4.98 Å². The Labute approximate surface area is 80.1 Å². The molecule has 0 atom stereocenters. The Morgan fingerprint density at radius 3 is 2.85 bits per heavy atom. The topological polar surface area (TPSA) is 84.8 Å². The SMILES string of the molecule is CCOc1nc(N)c(C#N)nc1Cl. The van der Waals surface area contributed by atoms with Crippen molar-refractivity contribution < 1.29 is 4.74 Å². The van der Waals surface area contributed by atoms with Crippen molar-refractivity contribution >= 4 is 17.4 Å². The minimum atomic E-state index is 0.00783. The average molecular weight is 199 g/mol. The minimum Gasteiger partial charge on any atom is -0.476 e. The number of nitrogen functional groups attached to an aromatic ring is 1. The number of hydrogen-bond acceptors (Lipinski definition) is 5. The predicted octanol–water partition coefficient (Wildman–Crippen LogP) is 0.983. The molecule has 0 fully saturated rings. The van der Waals surface area contributed by atoms with Gasteiger partial charge in [-0.1, -0.05) is 11.6 Å². The van der Waals surface area contributed by atoms with Gasteiger partial charge in [0.25, 0.3) is 5.88 Å². The molecule has 1 rings (SSSR count). The summed E-state index contributed by atoms with van der Waals surface area (Å²) in [6, 6.07) is 1.77. The van der Waals surface area contributed by atoms with E-state index < -0.39 is 0 Å². The van der Waals surface area contributed by atoms with Crippen LogP contribution in [0.2, 0.25) is 5.15 Å². The van der Waals surface area contributed by atoms with Gasteiger partial charge in [-0.15, -0.1) is 0 Å². The van der Waals surface area contributed by atoms with Gasteiger partial charge in [0.05, 0.1) is 6.61 Å². The Morgan fingerprint density at radius 2 is 2.31 bits per heavy atom. The van der Waals surface area contributed by atoms with Crippen molar-refractivity contribution in [3.8, 4) is 11.9 Å². The van der Waals surface area contributed by atoms with Crippen LogP contribution in [0.4, 0.5) is 5.82 Å². The summed E-state index contributed by atoms with van der Waals surface area (Å²) in [6.07, 6.45) is 0. The number of rotatable bonds is 2. The molecule has 1 heterocycles. The molecule has 0 unspecified atom stereocenters. The van der Waals surface area contributed by atoms with Gasteiger partial charge in [-0.3, -0.25) is 0 Å². The van der Waals surface area contributed by atoms with E-state index in [0.29, 0.717) is 6.61 Å². The Hall–Kier alpha value is -1.54. The van der Waals surface area contributed by atoms with Crippen molar-refractivity contribution in [2.24, 2.45) is 0 Å². The molecule has 0 aliphatic heterocycles. The molecule has 0 amide bonds. The summed E-state index contributed by atoms with van der Waals surface area (Å²) < 4.78 is 5.02. The normalized spacial score (nSPS) is 9.31. The van der Waals surface area contributed by atoms with Crippen LogP contribution in [-0.4, -0.2) is 16.6 Å². The van der Waals surface area contributed by atoms with E-state index in [9.17, 15) is 0 Å². The molecule has 1 aromatic rings. The molecule has 0 spiro atoms. The molecule has 68 valence electrons. The van der Waals surface area contributed by atoms with Crippen LogP contribution in [0.3, 0.4) is 0 Å². The van der Waals surface area contributed by atoms with Crippen molar-refractivity contribution in [2.45, 2.75) is 6.92 Å². The van der Waals surface area contributed by atoms with Crippen LogP contribution in [0.15, 0.2) is 0 Å². The first-order valence-corrected chi connectivity index (χ1v) is 3.92. The zero-order chi connectivity index (χ0) is 9.84. The molecule has 0 bridgehead atoms. The monoisotopic (exact) mass is 198 g/mol. The van der Waals surface area contributed by atoms with Crippen molar-refractivity contribution in [3.05, 3.63) is 10.8 Å². The lowest BCUT2D eigenvalue weighted by Gasteiger charge is -2.04. The molecule has 6 heteroatoms. The highest BCUT2D eigenvalue weighted by Gasteiger charge is 2.09. The second-order valence-corrected chi connectivity index (χ2v) is 2.46. The van der Waals surface area contributed by atoms with Crippen LogP contribution in [0, 0.1) is 11.3 Å². The maximum atomic E-state index is 8.53. The van der Waals surface area contributed by atoms with Crippen LogP contribution < -0.4 is 10.5 Å². The van der Waals surface area contributed by atoms with Gasteiger partial charge in [0.1, 0.15) is 6.07 Å². The van der Waals surface area contributed by atoms with Gasteiger partial charge in [0.15, 0.2) is 16.7 Å². The highest BCUT2D eigenvalue weighted by Crippen LogP contribution is 2.21. The largest absolute Gasteiger partial charge is 0.476 e. The van der Waals surface area contributed by atoms with E-state index in [1.54, 1.807) is 13.0 Å². The summed E-state index contributed by atoms with van der Waals surface area (Å²) in [5.41, 5.74) is 5.40. The van der Waals surface area contributed by atoms with Gasteiger partial charge in [0, 0.05) is 0 Å². The first-order chi connectivity index (χ1) is 6.19. The minimum absolute atomic E-state index is 0.00783. The number of hydrogen-bond donors (Lipinski definition) is 1. The summed E-state index contributed by atoms with van der Waals surface area (Å²) in [7, 11) is 0. The molecular formula is C7H7ClN4O. The van der Waals surface area contributed by atoms with Crippen LogP contribution in [-0.2, 0) is 0 Å². The second-order valence-electron chi connectivity index (χ2n) is 2.10. The number of nitrogens with two attached hydrogens (primary N) is 1. The Kier molecular flexibility index (Phi) is 2.88. The van der Waals surface area contributed by atoms with Gasteiger partial charge < -0.3 is 10.5 Å². The molecule has 0 aliphatic carbocycles. The van der Waals surface area contributed by atoms with E-state index in [4.69, 9.17) is 27.3 Å². The van der Waals surface area contributed by atoms with Gasteiger partial charge in [0.2, 0.25) is 0 Å². The van der Waals surface area contributed by atoms with E-state index in [-0.39, 0.29) is 22.5 Å². The van der Waals surface area contributed by atoms with E-state index in [1.807, 2.05) is 0 Å². The third-order valence-corrected chi connectivity index (χ3v) is 1.48. The van der Waals surface area contributed by atoms with Crippen molar-refractivity contribution in [3.63, 3.8) is 0 Å².